The van der Waals surface area contributed by atoms with Gasteiger partial charge in [0.05, 0.1) is 12.0 Å². The maximum absolute atomic E-state index is 12.5. The fourth-order valence-corrected chi connectivity index (χ4v) is 3.17. The molecule has 25 heavy (non-hydrogen) atoms. The summed E-state index contributed by atoms with van der Waals surface area (Å²) in [5.74, 6) is 0.357. The molecule has 1 atom stereocenters. The van der Waals surface area contributed by atoms with Crippen molar-refractivity contribution in [1.29, 1.82) is 0 Å². The van der Waals surface area contributed by atoms with Crippen molar-refractivity contribution < 1.29 is 17.9 Å². The van der Waals surface area contributed by atoms with Crippen LogP contribution in [0.3, 0.4) is 0 Å². The molecule has 0 spiro atoms. The van der Waals surface area contributed by atoms with E-state index in [-0.39, 0.29) is 16.7 Å². The molecule has 0 radical (unpaired) electrons. The SMILES string of the molecule is CC[C@@H](C)C(=O)Nc1cccc(S(=O)(=O)Nc2ccc(OC)cc2)c1. The molecule has 2 aromatic rings. The zero-order valence-electron chi connectivity index (χ0n) is 14.4. The maximum Gasteiger partial charge on any atom is 0.261 e. The number of rotatable bonds is 7. The summed E-state index contributed by atoms with van der Waals surface area (Å²) in [6.07, 6.45) is 0.711. The normalized spacial score (nSPS) is 12.3. The van der Waals surface area contributed by atoms with Crippen molar-refractivity contribution in [3.05, 3.63) is 48.5 Å². The molecule has 0 aliphatic heterocycles. The number of nitrogens with one attached hydrogen (secondary N) is 2. The van der Waals surface area contributed by atoms with Crippen LogP contribution in [-0.4, -0.2) is 21.4 Å². The average molecular weight is 362 g/mol. The Labute approximate surface area is 148 Å². The minimum Gasteiger partial charge on any atom is -0.497 e. The van der Waals surface area contributed by atoms with Crippen molar-refractivity contribution in [1.82, 2.24) is 0 Å². The first-order chi connectivity index (χ1) is 11.9. The minimum atomic E-state index is -3.76. The predicted molar refractivity (Wildman–Crippen MR) is 98.3 cm³/mol. The van der Waals surface area contributed by atoms with Crippen molar-refractivity contribution in [2.75, 3.05) is 17.1 Å². The van der Waals surface area contributed by atoms with Crippen LogP contribution in [0.1, 0.15) is 20.3 Å². The van der Waals surface area contributed by atoms with Gasteiger partial charge in [-0.25, -0.2) is 8.42 Å². The summed E-state index contributed by atoms with van der Waals surface area (Å²) < 4.78 is 32.6. The molecule has 0 heterocycles. The Balaban J connectivity index is 2.18. The lowest BCUT2D eigenvalue weighted by Gasteiger charge is -2.12. The molecule has 0 aliphatic rings. The minimum absolute atomic E-state index is 0.0743. The van der Waals surface area contributed by atoms with Crippen molar-refractivity contribution in [3.8, 4) is 5.75 Å². The smallest absolute Gasteiger partial charge is 0.261 e. The number of carbonyl (C=O) groups is 1. The number of carbonyl (C=O) groups excluding carboxylic acids is 1. The molecular weight excluding hydrogens is 340 g/mol. The lowest BCUT2D eigenvalue weighted by Crippen LogP contribution is -2.20. The number of hydrogen-bond donors (Lipinski definition) is 2. The van der Waals surface area contributed by atoms with E-state index in [1.807, 2.05) is 13.8 Å². The number of sulfonamides is 1. The number of anilines is 2. The second-order valence-corrected chi connectivity index (χ2v) is 7.34. The summed E-state index contributed by atoms with van der Waals surface area (Å²) in [6, 6.07) is 12.7. The van der Waals surface area contributed by atoms with Gasteiger partial charge in [-0.3, -0.25) is 9.52 Å². The van der Waals surface area contributed by atoms with Gasteiger partial charge in [0, 0.05) is 17.3 Å². The molecular formula is C18H22N2O4S. The number of hydrogen-bond acceptors (Lipinski definition) is 4. The molecule has 0 saturated carbocycles. The lowest BCUT2D eigenvalue weighted by atomic mass is 10.1. The second kappa shape index (κ2) is 8.02. The highest BCUT2D eigenvalue weighted by Gasteiger charge is 2.16. The van der Waals surface area contributed by atoms with Crippen molar-refractivity contribution >= 4 is 27.3 Å². The van der Waals surface area contributed by atoms with E-state index in [9.17, 15) is 13.2 Å². The quantitative estimate of drug-likeness (QED) is 0.790. The summed E-state index contributed by atoms with van der Waals surface area (Å²) >= 11 is 0. The van der Waals surface area contributed by atoms with E-state index in [0.29, 0.717) is 23.5 Å². The van der Waals surface area contributed by atoms with E-state index in [1.165, 1.54) is 12.1 Å². The van der Waals surface area contributed by atoms with Gasteiger partial charge in [-0.2, -0.15) is 0 Å². The number of methoxy groups -OCH3 is 1. The highest BCUT2D eigenvalue weighted by atomic mass is 32.2. The van der Waals surface area contributed by atoms with Crippen LogP contribution in [0.25, 0.3) is 0 Å². The van der Waals surface area contributed by atoms with E-state index in [4.69, 9.17) is 4.74 Å². The van der Waals surface area contributed by atoms with Crippen LogP contribution in [0, 0.1) is 5.92 Å². The molecule has 0 aliphatic carbocycles. The zero-order chi connectivity index (χ0) is 18.4. The lowest BCUT2D eigenvalue weighted by molar-refractivity contribution is -0.119. The Morgan fingerprint density at radius 1 is 1.12 bits per heavy atom. The van der Waals surface area contributed by atoms with E-state index in [2.05, 4.69) is 10.0 Å². The van der Waals surface area contributed by atoms with Gasteiger partial charge < -0.3 is 10.1 Å². The van der Waals surface area contributed by atoms with Gasteiger partial charge in [0.2, 0.25) is 5.91 Å². The fourth-order valence-electron chi connectivity index (χ4n) is 2.07. The van der Waals surface area contributed by atoms with Gasteiger partial charge in [-0.15, -0.1) is 0 Å². The fraction of sp³-hybridized carbons (Fsp3) is 0.278. The molecule has 134 valence electrons. The van der Waals surface area contributed by atoms with Gasteiger partial charge in [0.15, 0.2) is 0 Å². The van der Waals surface area contributed by atoms with Crippen molar-refractivity contribution in [3.63, 3.8) is 0 Å². The van der Waals surface area contributed by atoms with Crippen LogP contribution in [0.4, 0.5) is 11.4 Å². The summed E-state index contributed by atoms with van der Waals surface area (Å²) in [6.45, 7) is 3.74. The maximum atomic E-state index is 12.5. The molecule has 1 amide bonds. The first-order valence-corrected chi connectivity index (χ1v) is 9.42. The molecule has 0 fully saturated rings. The Morgan fingerprint density at radius 3 is 2.40 bits per heavy atom. The summed E-state index contributed by atoms with van der Waals surface area (Å²) in [4.78, 5) is 12.0. The standard InChI is InChI=1S/C18H22N2O4S/c1-4-13(2)18(21)19-15-6-5-7-17(12-15)25(22,23)20-14-8-10-16(24-3)11-9-14/h5-13,20H,4H2,1-3H3,(H,19,21)/t13-/m1/s1. The van der Waals surface area contributed by atoms with Gasteiger partial charge in [-0.1, -0.05) is 19.9 Å². The average Bonchev–Trinajstić information content (AvgIpc) is 2.61. The van der Waals surface area contributed by atoms with Crippen molar-refractivity contribution in [2.24, 2.45) is 5.92 Å². The molecule has 2 N–H and O–H groups in total. The predicted octanol–water partition coefficient (Wildman–Crippen LogP) is 3.48. The Kier molecular flexibility index (Phi) is 6.03. The first kappa shape index (κ1) is 18.8. The van der Waals surface area contributed by atoms with Gasteiger partial charge in [0.25, 0.3) is 10.0 Å². The van der Waals surface area contributed by atoms with Crippen LogP contribution in [0.2, 0.25) is 0 Å². The third kappa shape index (κ3) is 4.96. The molecule has 6 nitrogen and oxygen atoms in total. The van der Waals surface area contributed by atoms with E-state index in [0.717, 1.165) is 0 Å². The first-order valence-electron chi connectivity index (χ1n) is 7.93. The molecule has 2 rings (SSSR count). The van der Waals surface area contributed by atoms with Gasteiger partial charge in [-0.05, 0) is 48.9 Å². The number of amides is 1. The number of ether oxygens (including phenoxy) is 1. The van der Waals surface area contributed by atoms with E-state index >= 15 is 0 Å². The third-order valence-electron chi connectivity index (χ3n) is 3.81. The third-order valence-corrected chi connectivity index (χ3v) is 5.19. The summed E-state index contributed by atoms with van der Waals surface area (Å²) in [5, 5.41) is 2.74. The summed E-state index contributed by atoms with van der Waals surface area (Å²) in [7, 11) is -2.22. The molecule has 0 bridgehead atoms. The van der Waals surface area contributed by atoms with E-state index < -0.39 is 10.0 Å². The van der Waals surface area contributed by atoms with E-state index in [1.54, 1.807) is 43.5 Å². The summed E-state index contributed by atoms with van der Waals surface area (Å²) in [5.41, 5.74) is 0.873. The zero-order valence-corrected chi connectivity index (χ0v) is 15.3. The molecule has 0 saturated heterocycles. The second-order valence-electron chi connectivity index (χ2n) is 5.66. The Morgan fingerprint density at radius 2 is 1.80 bits per heavy atom. The van der Waals surface area contributed by atoms with Crippen LogP contribution in [0.15, 0.2) is 53.4 Å². The monoisotopic (exact) mass is 362 g/mol. The highest BCUT2D eigenvalue weighted by Crippen LogP contribution is 2.21. The van der Waals surface area contributed by atoms with Gasteiger partial charge >= 0.3 is 0 Å². The topological polar surface area (TPSA) is 84.5 Å². The van der Waals surface area contributed by atoms with Crippen LogP contribution >= 0.6 is 0 Å². The van der Waals surface area contributed by atoms with Crippen LogP contribution < -0.4 is 14.8 Å². The highest BCUT2D eigenvalue weighted by molar-refractivity contribution is 7.92. The molecule has 0 unspecified atom stereocenters. The number of benzene rings is 2. The van der Waals surface area contributed by atoms with Gasteiger partial charge in [0.1, 0.15) is 5.75 Å². The van der Waals surface area contributed by atoms with Crippen LogP contribution in [-0.2, 0) is 14.8 Å². The molecule has 2 aromatic carbocycles. The van der Waals surface area contributed by atoms with Crippen LogP contribution in [0.5, 0.6) is 5.75 Å². The van der Waals surface area contributed by atoms with Crippen molar-refractivity contribution in [2.45, 2.75) is 25.2 Å². The molecule has 0 aromatic heterocycles. The Hall–Kier alpha value is -2.54. The molecule has 7 heteroatoms. The Bertz CT molecular complexity index is 832. The largest absolute Gasteiger partial charge is 0.497 e.